The third-order valence-corrected chi connectivity index (χ3v) is 5.19. The number of aromatic nitrogens is 2. The van der Waals surface area contributed by atoms with Crippen molar-refractivity contribution in [1.29, 1.82) is 0 Å². The summed E-state index contributed by atoms with van der Waals surface area (Å²) in [5.41, 5.74) is 2.05. The van der Waals surface area contributed by atoms with E-state index in [1.165, 1.54) is 6.07 Å². The van der Waals surface area contributed by atoms with Crippen molar-refractivity contribution < 1.29 is 13.6 Å². The van der Waals surface area contributed by atoms with E-state index < -0.39 is 11.9 Å². The number of amides is 1. The smallest absolute Gasteiger partial charge is 0.223 e. The molecule has 1 aliphatic heterocycles. The number of imidazole rings is 1. The van der Waals surface area contributed by atoms with Crippen LogP contribution in [0.5, 0.6) is 0 Å². The fourth-order valence-corrected chi connectivity index (χ4v) is 3.70. The molecular formula is C19H18FN3O2. The molecule has 0 saturated heterocycles. The zero-order chi connectivity index (χ0) is 17.0. The molecule has 5 rings (SSSR count). The molecule has 2 aromatic heterocycles. The molecule has 0 bridgehead atoms. The number of aromatic amines is 1. The minimum Gasteiger partial charge on any atom is -0.455 e. The number of hydrogen-bond acceptors (Lipinski definition) is 3. The number of H-pyrrole nitrogens is 1. The fraction of sp³-hybridized carbons (Fsp3) is 0.368. The highest BCUT2D eigenvalue weighted by molar-refractivity contribution is 5.80. The van der Waals surface area contributed by atoms with Crippen LogP contribution < -0.4 is 0 Å². The molecule has 1 fully saturated rings. The summed E-state index contributed by atoms with van der Waals surface area (Å²) in [7, 11) is 0. The van der Waals surface area contributed by atoms with Crippen molar-refractivity contribution in [3.63, 3.8) is 0 Å². The van der Waals surface area contributed by atoms with Crippen LogP contribution in [0.1, 0.15) is 42.5 Å². The van der Waals surface area contributed by atoms with Crippen molar-refractivity contribution >= 4 is 16.9 Å². The van der Waals surface area contributed by atoms with Gasteiger partial charge < -0.3 is 14.3 Å². The molecule has 6 heteroatoms. The molecule has 3 heterocycles. The van der Waals surface area contributed by atoms with E-state index in [9.17, 15) is 9.18 Å². The Morgan fingerprint density at radius 3 is 3.08 bits per heavy atom. The van der Waals surface area contributed by atoms with E-state index in [0.717, 1.165) is 30.7 Å². The number of fused-ring (bicyclic) bond motifs is 2. The van der Waals surface area contributed by atoms with Gasteiger partial charge in [0.15, 0.2) is 11.4 Å². The second kappa shape index (κ2) is 5.44. The van der Waals surface area contributed by atoms with E-state index >= 15 is 0 Å². The second-order valence-electron chi connectivity index (χ2n) is 6.96. The minimum absolute atomic E-state index is 0.127. The van der Waals surface area contributed by atoms with Crippen LogP contribution in [0.2, 0.25) is 0 Å². The zero-order valence-corrected chi connectivity index (χ0v) is 13.7. The minimum atomic E-state index is -0.395. The van der Waals surface area contributed by atoms with Gasteiger partial charge in [0.2, 0.25) is 5.91 Å². The highest BCUT2D eigenvalue weighted by Crippen LogP contribution is 2.39. The first-order valence-corrected chi connectivity index (χ1v) is 8.70. The van der Waals surface area contributed by atoms with Gasteiger partial charge in [-0.2, -0.15) is 0 Å². The topological polar surface area (TPSA) is 62.1 Å². The van der Waals surface area contributed by atoms with E-state index in [0.29, 0.717) is 30.0 Å². The SMILES string of the molecule is O=C(CC1CC1)N1CCc2[nH]cnc2[C@H]1c1cc2cccc(F)c2o1. The molecule has 25 heavy (non-hydrogen) atoms. The molecule has 1 saturated carbocycles. The van der Waals surface area contributed by atoms with Crippen molar-refractivity contribution in [2.24, 2.45) is 5.92 Å². The maximum atomic E-state index is 14.0. The van der Waals surface area contributed by atoms with Gasteiger partial charge in [0.1, 0.15) is 11.8 Å². The summed E-state index contributed by atoms with van der Waals surface area (Å²) in [4.78, 5) is 22.2. The van der Waals surface area contributed by atoms with Gasteiger partial charge in [0.25, 0.3) is 0 Å². The van der Waals surface area contributed by atoms with Crippen LogP contribution in [0.25, 0.3) is 11.0 Å². The lowest BCUT2D eigenvalue weighted by molar-refractivity contribution is -0.134. The fourth-order valence-electron chi connectivity index (χ4n) is 3.70. The van der Waals surface area contributed by atoms with Gasteiger partial charge in [0.05, 0.1) is 12.0 Å². The average molecular weight is 339 g/mol. The van der Waals surface area contributed by atoms with Gasteiger partial charge in [-0.15, -0.1) is 0 Å². The number of nitrogens with one attached hydrogen (secondary N) is 1. The molecule has 1 atom stereocenters. The van der Waals surface area contributed by atoms with Gasteiger partial charge in [-0.3, -0.25) is 4.79 Å². The summed E-state index contributed by atoms with van der Waals surface area (Å²) in [6.07, 6.45) is 5.24. The number of halogens is 1. The molecule has 1 N–H and O–H groups in total. The third kappa shape index (κ3) is 2.44. The summed E-state index contributed by atoms with van der Waals surface area (Å²) in [5, 5.41) is 0.701. The Kier molecular flexibility index (Phi) is 3.20. The Morgan fingerprint density at radius 2 is 2.28 bits per heavy atom. The number of rotatable bonds is 3. The van der Waals surface area contributed by atoms with Crippen molar-refractivity contribution in [2.75, 3.05) is 6.54 Å². The lowest BCUT2D eigenvalue weighted by Gasteiger charge is -2.33. The Labute approximate surface area is 143 Å². The highest BCUT2D eigenvalue weighted by atomic mass is 19.1. The zero-order valence-electron chi connectivity index (χ0n) is 13.7. The maximum absolute atomic E-state index is 14.0. The monoisotopic (exact) mass is 339 g/mol. The van der Waals surface area contributed by atoms with E-state index in [-0.39, 0.29) is 11.5 Å². The Bertz CT molecular complexity index is 957. The number of para-hydroxylation sites is 1. The van der Waals surface area contributed by atoms with E-state index in [1.807, 2.05) is 17.0 Å². The van der Waals surface area contributed by atoms with Gasteiger partial charge in [0, 0.05) is 30.5 Å². The molecule has 2 aliphatic rings. The first-order chi connectivity index (χ1) is 12.2. The summed E-state index contributed by atoms with van der Waals surface area (Å²) in [6.45, 7) is 0.616. The molecule has 5 nitrogen and oxygen atoms in total. The third-order valence-electron chi connectivity index (χ3n) is 5.19. The summed E-state index contributed by atoms with van der Waals surface area (Å²) in [5.74, 6) is 0.818. The quantitative estimate of drug-likeness (QED) is 0.793. The molecule has 3 aromatic rings. The molecule has 0 unspecified atom stereocenters. The van der Waals surface area contributed by atoms with Crippen molar-refractivity contribution in [3.05, 3.63) is 53.6 Å². The predicted molar refractivity (Wildman–Crippen MR) is 89.4 cm³/mol. The maximum Gasteiger partial charge on any atom is 0.223 e. The van der Waals surface area contributed by atoms with E-state index in [1.54, 1.807) is 12.4 Å². The van der Waals surface area contributed by atoms with Crippen LogP contribution in [-0.4, -0.2) is 27.3 Å². The van der Waals surface area contributed by atoms with Crippen molar-refractivity contribution in [3.8, 4) is 0 Å². The second-order valence-corrected chi connectivity index (χ2v) is 6.96. The van der Waals surface area contributed by atoms with Crippen LogP contribution in [-0.2, 0) is 11.2 Å². The van der Waals surface area contributed by atoms with Crippen LogP contribution in [0, 0.1) is 11.7 Å². The summed E-state index contributed by atoms with van der Waals surface area (Å²) in [6, 6.07) is 6.29. The molecular weight excluding hydrogens is 321 g/mol. The normalized spacial score (nSPS) is 20.0. The summed E-state index contributed by atoms with van der Waals surface area (Å²) < 4.78 is 19.9. The molecule has 128 valence electrons. The standard InChI is InChI=1S/C19H18FN3O2/c20-13-3-1-2-12-9-15(25-19(12)13)18-17-14(21-10-22-17)6-7-23(18)16(24)8-11-4-5-11/h1-3,9-11,18H,4-8H2,(H,21,22)/t18-/m1/s1. The first-order valence-electron chi connectivity index (χ1n) is 8.70. The van der Waals surface area contributed by atoms with Crippen LogP contribution in [0.15, 0.2) is 35.0 Å². The molecule has 1 aromatic carbocycles. The number of benzene rings is 1. The lowest BCUT2D eigenvalue weighted by Crippen LogP contribution is -2.40. The first kappa shape index (κ1) is 14.7. The predicted octanol–water partition coefficient (Wildman–Crippen LogP) is 3.57. The van der Waals surface area contributed by atoms with Crippen LogP contribution >= 0.6 is 0 Å². The number of hydrogen-bond donors (Lipinski definition) is 1. The Hall–Kier alpha value is -2.63. The van der Waals surface area contributed by atoms with Crippen LogP contribution in [0.3, 0.4) is 0 Å². The van der Waals surface area contributed by atoms with Gasteiger partial charge in [-0.1, -0.05) is 12.1 Å². The largest absolute Gasteiger partial charge is 0.455 e. The van der Waals surface area contributed by atoms with Crippen LogP contribution in [0.4, 0.5) is 4.39 Å². The Morgan fingerprint density at radius 1 is 1.40 bits per heavy atom. The molecule has 1 aliphatic carbocycles. The van der Waals surface area contributed by atoms with E-state index in [2.05, 4.69) is 9.97 Å². The number of carbonyl (C=O) groups is 1. The Balaban J connectivity index is 1.60. The van der Waals surface area contributed by atoms with Gasteiger partial charge in [-0.25, -0.2) is 9.37 Å². The number of furan rings is 1. The van der Waals surface area contributed by atoms with Gasteiger partial charge in [-0.05, 0) is 30.9 Å². The molecule has 0 radical (unpaired) electrons. The van der Waals surface area contributed by atoms with Gasteiger partial charge >= 0.3 is 0 Å². The van der Waals surface area contributed by atoms with Crippen molar-refractivity contribution in [1.82, 2.24) is 14.9 Å². The molecule has 0 spiro atoms. The number of nitrogens with zero attached hydrogens (tertiary/aromatic N) is 2. The summed E-state index contributed by atoms with van der Waals surface area (Å²) >= 11 is 0. The van der Waals surface area contributed by atoms with E-state index in [4.69, 9.17) is 4.42 Å². The average Bonchev–Trinajstić information content (AvgIpc) is 3.11. The molecule has 1 amide bonds. The van der Waals surface area contributed by atoms with Crippen molar-refractivity contribution in [2.45, 2.75) is 31.7 Å². The number of carbonyl (C=O) groups excluding carboxylic acids is 1. The lowest BCUT2D eigenvalue weighted by atomic mass is 9.99. The highest BCUT2D eigenvalue weighted by Gasteiger charge is 2.38.